The average molecular weight is 569 g/mol. The van der Waals surface area contributed by atoms with E-state index in [4.69, 9.17) is 4.74 Å². The number of allylic oxidation sites excluding steroid dienone is 3. The Balaban J connectivity index is 1.57. The Hall–Kier alpha value is -1.46. The lowest BCUT2D eigenvalue weighted by Gasteiger charge is -2.72. The lowest BCUT2D eigenvalue weighted by Crippen LogP contribution is -2.69. The van der Waals surface area contributed by atoms with Gasteiger partial charge < -0.3 is 19.7 Å². The molecule has 5 aliphatic rings. The van der Waals surface area contributed by atoms with Crippen molar-refractivity contribution < 1.29 is 24.5 Å². The lowest BCUT2D eigenvalue weighted by atomic mass is 9.33. The number of esters is 1. The fourth-order valence-electron chi connectivity index (χ4n) is 11.4. The Labute approximate surface area is 248 Å². The largest absolute Gasteiger partial charge is 0.458 e. The second-order valence-electron chi connectivity index (χ2n) is 16.7. The normalized spacial score (nSPS) is 48.2. The first-order valence-corrected chi connectivity index (χ1v) is 16.4. The van der Waals surface area contributed by atoms with Crippen LogP contribution in [0.1, 0.15) is 120 Å². The molecule has 0 saturated heterocycles. The highest BCUT2D eigenvalue weighted by molar-refractivity contribution is 5.82. The highest BCUT2D eigenvalue weighted by Gasteiger charge is 2.71. The van der Waals surface area contributed by atoms with Gasteiger partial charge in [-0.25, -0.2) is 4.79 Å². The summed E-state index contributed by atoms with van der Waals surface area (Å²) in [5.74, 6) is 0.317. The number of aliphatic hydroxyl groups excluding tert-OH is 2. The average Bonchev–Trinajstić information content (AvgIpc) is 2.87. The van der Waals surface area contributed by atoms with Gasteiger partial charge in [-0.05, 0) is 103 Å². The molecule has 0 aromatic heterocycles. The SMILES string of the molecule is CCC/C=C\C(=O)O[C@H]1CC(C)(C)C[C@H]2C3=CC[C@@H]4[C@@]5(C)CC[C@H](O)C(C)(C)[C@@H]5CC[C@@]4(C)[C@]3(C)C[C@@H](O)[C@@]12C=O. The number of hydrogen-bond donors (Lipinski definition) is 2. The molecule has 4 saturated carbocycles. The minimum Gasteiger partial charge on any atom is -0.458 e. The number of aldehydes is 1. The molecule has 5 heteroatoms. The van der Waals surface area contributed by atoms with Gasteiger partial charge in [0.1, 0.15) is 12.4 Å². The zero-order chi connectivity index (χ0) is 30.2. The lowest BCUT2D eigenvalue weighted by molar-refractivity contribution is -0.226. The molecule has 0 aliphatic heterocycles. The molecular weight excluding hydrogens is 512 g/mol. The summed E-state index contributed by atoms with van der Waals surface area (Å²) in [6.07, 6.45) is 13.5. The molecule has 41 heavy (non-hydrogen) atoms. The van der Waals surface area contributed by atoms with E-state index in [1.54, 1.807) is 0 Å². The maximum absolute atomic E-state index is 13.3. The van der Waals surface area contributed by atoms with Gasteiger partial charge in [0.25, 0.3) is 0 Å². The van der Waals surface area contributed by atoms with Crippen LogP contribution in [0.3, 0.4) is 0 Å². The van der Waals surface area contributed by atoms with Gasteiger partial charge in [-0.1, -0.05) is 79.5 Å². The molecule has 0 radical (unpaired) electrons. The first-order chi connectivity index (χ1) is 19.0. The summed E-state index contributed by atoms with van der Waals surface area (Å²) in [5, 5.41) is 23.1. The van der Waals surface area contributed by atoms with E-state index in [1.807, 2.05) is 6.08 Å². The molecule has 4 fully saturated rings. The standard InChI is InChI=1S/C36H56O5/c1-9-10-11-12-30(40)41-29-21-31(2,3)19-24-23-13-14-26-33(6)17-16-27(38)32(4,5)25(33)15-18-34(26,7)35(23,8)20-28(39)36(24,29)22-37/h11-13,22,24-29,38-39H,9-10,14-21H2,1-8H3/b12-11-/t24-,25-,26+,27-,28+,29-,33-,34+,35+,36-/m0/s1. The number of ether oxygens (including phenoxy) is 1. The first kappa shape index (κ1) is 31.0. The van der Waals surface area contributed by atoms with E-state index in [0.29, 0.717) is 24.7 Å². The fraction of sp³-hybridized carbons (Fsp3) is 0.833. The van der Waals surface area contributed by atoms with Crippen LogP contribution in [0.25, 0.3) is 0 Å². The van der Waals surface area contributed by atoms with Gasteiger partial charge in [0.05, 0.1) is 17.6 Å². The van der Waals surface area contributed by atoms with E-state index in [2.05, 4.69) is 61.5 Å². The van der Waals surface area contributed by atoms with Crippen LogP contribution < -0.4 is 0 Å². The minimum absolute atomic E-state index is 0.0343. The van der Waals surface area contributed by atoms with Crippen LogP contribution in [0, 0.1) is 50.2 Å². The highest BCUT2D eigenvalue weighted by atomic mass is 16.5. The highest BCUT2D eigenvalue weighted by Crippen LogP contribution is 2.75. The van der Waals surface area contributed by atoms with Crippen LogP contribution in [0.5, 0.6) is 0 Å². The van der Waals surface area contributed by atoms with Crippen molar-refractivity contribution in [2.24, 2.45) is 50.2 Å². The predicted octanol–water partition coefficient (Wildman–Crippen LogP) is 7.20. The van der Waals surface area contributed by atoms with E-state index < -0.39 is 23.6 Å². The Morgan fingerprint density at radius 3 is 2.34 bits per heavy atom. The quantitative estimate of drug-likeness (QED) is 0.159. The number of aliphatic hydroxyl groups is 2. The third-order valence-corrected chi connectivity index (χ3v) is 13.9. The van der Waals surface area contributed by atoms with Crippen molar-refractivity contribution in [3.8, 4) is 0 Å². The fourth-order valence-corrected chi connectivity index (χ4v) is 11.4. The van der Waals surface area contributed by atoms with Gasteiger partial charge in [0, 0.05) is 6.08 Å². The van der Waals surface area contributed by atoms with Crippen LogP contribution in [0.2, 0.25) is 0 Å². The van der Waals surface area contributed by atoms with Crippen molar-refractivity contribution in [1.82, 2.24) is 0 Å². The number of carbonyl (C=O) groups is 2. The molecule has 0 heterocycles. The Morgan fingerprint density at radius 1 is 0.976 bits per heavy atom. The van der Waals surface area contributed by atoms with Gasteiger partial charge >= 0.3 is 5.97 Å². The van der Waals surface area contributed by atoms with Crippen LogP contribution in [0.15, 0.2) is 23.8 Å². The Bertz CT molecular complexity index is 1120. The van der Waals surface area contributed by atoms with Crippen molar-refractivity contribution in [2.75, 3.05) is 0 Å². The molecule has 10 atom stereocenters. The smallest absolute Gasteiger partial charge is 0.330 e. The monoisotopic (exact) mass is 568 g/mol. The third-order valence-electron chi connectivity index (χ3n) is 13.9. The van der Waals surface area contributed by atoms with Crippen molar-refractivity contribution in [3.05, 3.63) is 23.8 Å². The van der Waals surface area contributed by atoms with Crippen molar-refractivity contribution >= 4 is 12.3 Å². The van der Waals surface area contributed by atoms with Crippen LogP contribution in [-0.2, 0) is 14.3 Å². The van der Waals surface area contributed by atoms with Crippen LogP contribution in [-0.4, -0.2) is 40.8 Å². The molecule has 0 aromatic carbocycles. The summed E-state index contributed by atoms with van der Waals surface area (Å²) in [5.41, 5.74) is -0.249. The second kappa shape index (κ2) is 10.0. The second-order valence-corrected chi connectivity index (χ2v) is 16.7. The molecule has 5 nitrogen and oxygen atoms in total. The van der Waals surface area contributed by atoms with E-state index in [1.165, 1.54) is 11.6 Å². The Morgan fingerprint density at radius 2 is 1.68 bits per heavy atom. The van der Waals surface area contributed by atoms with Crippen LogP contribution in [0.4, 0.5) is 0 Å². The molecule has 0 spiro atoms. The zero-order valence-electron chi connectivity index (χ0n) is 27.0. The molecule has 2 N–H and O–H groups in total. The molecule has 0 amide bonds. The number of hydrogen-bond acceptors (Lipinski definition) is 5. The summed E-state index contributed by atoms with van der Waals surface area (Å²) in [6, 6.07) is 0. The summed E-state index contributed by atoms with van der Waals surface area (Å²) >= 11 is 0. The maximum atomic E-state index is 13.3. The van der Waals surface area contributed by atoms with Crippen molar-refractivity contribution in [3.63, 3.8) is 0 Å². The maximum Gasteiger partial charge on any atom is 0.330 e. The van der Waals surface area contributed by atoms with Crippen molar-refractivity contribution in [1.29, 1.82) is 0 Å². The number of rotatable bonds is 5. The van der Waals surface area contributed by atoms with Gasteiger partial charge in [0.2, 0.25) is 0 Å². The first-order valence-electron chi connectivity index (χ1n) is 16.4. The third kappa shape index (κ3) is 4.29. The number of carbonyl (C=O) groups excluding carboxylic acids is 2. The van der Waals surface area contributed by atoms with Crippen LogP contribution >= 0.6 is 0 Å². The van der Waals surface area contributed by atoms with E-state index >= 15 is 0 Å². The van der Waals surface area contributed by atoms with Gasteiger partial charge in [-0.3, -0.25) is 0 Å². The van der Waals surface area contributed by atoms with E-state index in [0.717, 1.165) is 57.7 Å². The number of fused-ring (bicyclic) bond motifs is 7. The molecular formula is C36H56O5. The summed E-state index contributed by atoms with van der Waals surface area (Å²) in [6.45, 7) is 18.3. The molecule has 0 bridgehead atoms. The molecule has 0 unspecified atom stereocenters. The van der Waals surface area contributed by atoms with Gasteiger partial charge in [-0.15, -0.1) is 0 Å². The topological polar surface area (TPSA) is 83.8 Å². The molecule has 230 valence electrons. The summed E-state index contributed by atoms with van der Waals surface area (Å²) in [7, 11) is 0. The summed E-state index contributed by atoms with van der Waals surface area (Å²) in [4.78, 5) is 26.2. The molecule has 5 rings (SSSR count). The van der Waals surface area contributed by atoms with Crippen molar-refractivity contribution in [2.45, 2.75) is 138 Å². The van der Waals surface area contributed by atoms with E-state index in [9.17, 15) is 19.8 Å². The number of unbranched alkanes of at least 4 members (excludes halogenated alkanes) is 1. The summed E-state index contributed by atoms with van der Waals surface area (Å²) < 4.78 is 6.10. The zero-order valence-corrected chi connectivity index (χ0v) is 27.0. The predicted molar refractivity (Wildman–Crippen MR) is 162 cm³/mol. The minimum atomic E-state index is -1.13. The Kier molecular flexibility index (Phi) is 7.59. The van der Waals surface area contributed by atoms with Gasteiger partial charge in [-0.2, -0.15) is 0 Å². The molecule has 5 aliphatic carbocycles. The van der Waals surface area contributed by atoms with Gasteiger partial charge in [0.15, 0.2) is 0 Å². The molecule has 0 aromatic rings. The van der Waals surface area contributed by atoms with E-state index in [-0.39, 0.29) is 39.1 Å².